The molecule has 0 aliphatic heterocycles. The van der Waals surface area contributed by atoms with Gasteiger partial charge in [-0.3, -0.25) is 9.59 Å². The molecular weight excluding hydrogens is 417 g/mol. The quantitative estimate of drug-likeness (QED) is 0.487. The topological polar surface area (TPSA) is 55.8 Å². The summed E-state index contributed by atoms with van der Waals surface area (Å²) in [4.78, 5) is 25.3. The van der Waals surface area contributed by atoms with Gasteiger partial charge in [-0.25, -0.2) is 4.39 Å². The number of nitrogens with zero attached hydrogens (tertiary/aromatic N) is 1. The molecule has 0 atom stereocenters. The molecular formula is C20H19BrFNO4. The van der Waals surface area contributed by atoms with Crippen molar-refractivity contribution < 1.29 is 23.5 Å². The third-order valence-corrected chi connectivity index (χ3v) is 4.24. The Morgan fingerprint density at radius 3 is 2.44 bits per heavy atom. The van der Waals surface area contributed by atoms with Crippen molar-refractivity contribution >= 4 is 33.7 Å². The molecule has 7 heteroatoms. The molecule has 0 fully saturated rings. The van der Waals surface area contributed by atoms with E-state index < -0.39 is 5.82 Å². The zero-order valence-corrected chi connectivity index (χ0v) is 16.7. The largest absolute Gasteiger partial charge is 0.493 e. The number of carbonyl (C=O) groups excluding carboxylic acids is 2. The third kappa shape index (κ3) is 5.65. The van der Waals surface area contributed by atoms with Crippen molar-refractivity contribution in [3.63, 3.8) is 0 Å². The van der Waals surface area contributed by atoms with Crippen LogP contribution in [-0.2, 0) is 4.79 Å². The Morgan fingerprint density at radius 2 is 1.85 bits per heavy atom. The van der Waals surface area contributed by atoms with Crippen molar-refractivity contribution in [3.05, 3.63) is 63.9 Å². The monoisotopic (exact) mass is 435 g/mol. The fourth-order valence-corrected chi connectivity index (χ4v) is 2.70. The zero-order chi connectivity index (χ0) is 20.0. The highest BCUT2D eigenvalue weighted by molar-refractivity contribution is 9.10. The SMILES string of the molecule is COc1cc(C=CC(=O)c2ccc(F)cc2)cc(Br)c1OCC(=O)N(C)C. The molecule has 0 aliphatic carbocycles. The summed E-state index contributed by atoms with van der Waals surface area (Å²) in [6.07, 6.45) is 3.01. The predicted octanol–water partition coefficient (Wildman–Crippen LogP) is 3.96. The number of carbonyl (C=O) groups is 2. The first kappa shape index (κ1) is 20.6. The smallest absolute Gasteiger partial charge is 0.259 e. The lowest BCUT2D eigenvalue weighted by Gasteiger charge is -2.15. The van der Waals surface area contributed by atoms with Crippen LogP contribution < -0.4 is 9.47 Å². The van der Waals surface area contributed by atoms with Gasteiger partial charge in [-0.1, -0.05) is 6.08 Å². The van der Waals surface area contributed by atoms with Crippen LogP contribution in [-0.4, -0.2) is 44.4 Å². The second kappa shape index (κ2) is 9.32. The Kier molecular flexibility index (Phi) is 7.12. The molecule has 0 heterocycles. The molecule has 2 rings (SSSR count). The maximum atomic E-state index is 12.9. The van der Waals surface area contributed by atoms with Crippen LogP contribution in [0.5, 0.6) is 11.5 Å². The number of methoxy groups -OCH3 is 1. The van der Waals surface area contributed by atoms with Gasteiger partial charge in [0.25, 0.3) is 5.91 Å². The molecule has 0 unspecified atom stereocenters. The number of benzene rings is 2. The number of hydrogen-bond acceptors (Lipinski definition) is 4. The number of hydrogen-bond donors (Lipinski definition) is 0. The molecule has 2 aromatic carbocycles. The fraction of sp³-hybridized carbons (Fsp3) is 0.200. The van der Waals surface area contributed by atoms with E-state index in [4.69, 9.17) is 9.47 Å². The van der Waals surface area contributed by atoms with Gasteiger partial charge in [0.2, 0.25) is 0 Å². The first-order chi connectivity index (χ1) is 12.8. The average molecular weight is 436 g/mol. The Morgan fingerprint density at radius 1 is 1.19 bits per heavy atom. The summed E-state index contributed by atoms with van der Waals surface area (Å²) >= 11 is 3.40. The standard InChI is InChI=1S/C20H19BrFNO4/c1-23(2)19(25)12-27-20-16(21)10-13(11-18(20)26-3)4-9-17(24)14-5-7-15(22)8-6-14/h4-11H,12H2,1-3H3. The van der Waals surface area contributed by atoms with Crippen LogP contribution in [0, 0.1) is 5.82 Å². The van der Waals surface area contributed by atoms with Crippen LogP contribution in [0.3, 0.4) is 0 Å². The summed E-state index contributed by atoms with van der Waals surface area (Å²) in [5, 5.41) is 0. The fourth-order valence-electron chi connectivity index (χ4n) is 2.12. The summed E-state index contributed by atoms with van der Waals surface area (Å²) < 4.78 is 24.4. The lowest BCUT2D eigenvalue weighted by atomic mass is 10.1. The first-order valence-electron chi connectivity index (χ1n) is 8.00. The highest BCUT2D eigenvalue weighted by atomic mass is 79.9. The highest BCUT2D eigenvalue weighted by Crippen LogP contribution is 2.37. The Balaban J connectivity index is 2.18. The predicted molar refractivity (Wildman–Crippen MR) is 105 cm³/mol. The number of halogens is 2. The molecule has 27 heavy (non-hydrogen) atoms. The van der Waals surface area contributed by atoms with Gasteiger partial charge in [-0.2, -0.15) is 0 Å². The Bertz CT molecular complexity index is 863. The van der Waals surface area contributed by atoms with Gasteiger partial charge in [0.1, 0.15) is 5.82 Å². The van der Waals surface area contributed by atoms with E-state index in [1.807, 2.05) is 0 Å². The lowest BCUT2D eigenvalue weighted by Crippen LogP contribution is -2.27. The summed E-state index contributed by atoms with van der Waals surface area (Å²) in [5.41, 5.74) is 1.08. The molecule has 0 aromatic heterocycles. The van der Waals surface area contributed by atoms with Gasteiger partial charge in [0.05, 0.1) is 11.6 Å². The molecule has 0 saturated heterocycles. The van der Waals surface area contributed by atoms with Crippen molar-refractivity contribution in [1.29, 1.82) is 0 Å². The van der Waals surface area contributed by atoms with Crippen LogP contribution in [0.15, 0.2) is 46.9 Å². The maximum Gasteiger partial charge on any atom is 0.259 e. The van der Waals surface area contributed by atoms with Crippen molar-refractivity contribution in [2.45, 2.75) is 0 Å². The summed E-state index contributed by atoms with van der Waals surface area (Å²) in [6.45, 7) is -0.125. The molecule has 142 valence electrons. The van der Waals surface area contributed by atoms with Crippen molar-refractivity contribution in [1.82, 2.24) is 4.90 Å². The van der Waals surface area contributed by atoms with Gasteiger partial charge in [0.15, 0.2) is 23.9 Å². The number of rotatable bonds is 7. The number of amides is 1. The second-order valence-electron chi connectivity index (χ2n) is 5.82. The summed E-state index contributed by atoms with van der Waals surface area (Å²) in [6, 6.07) is 8.76. The van der Waals surface area contributed by atoms with E-state index in [0.717, 1.165) is 0 Å². The number of likely N-dealkylation sites (N-methyl/N-ethyl adjacent to an activating group) is 1. The second-order valence-corrected chi connectivity index (χ2v) is 6.67. The normalized spacial score (nSPS) is 10.7. The molecule has 0 bridgehead atoms. The Hall–Kier alpha value is -2.67. The minimum Gasteiger partial charge on any atom is -0.493 e. The average Bonchev–Trinajstić information content (AvgIpc) is 2.64. The van der Waals surface area contributed by atoms with Crippen LogP contribution in [0.4, 0.5) is 4.39 Å². The first-order valence-corrected chi connectivity index (χ1v) is 8.79. The van der Waals surface area contributed by atoms with E-state index in [0.29, 0.717) is 27.1 Å². The minimum absolute atomic E-state index is 0.125. The van der Waals surface area contributed by atoms with E-state index >= 15 is 0 Å². The van der Waals surface area contributed by atoms with E-state index in [9.17, 15) is 14.0 Å². The van der Waals surface area contributed by atoms with Crippen molar-refractivity contribution in [2.75, 3.05) is 27.8 Å². The third-order valence-electron chi connectivity index (χ3n) is 3.65. The molecule has 0 aliphatic rings. The van der Waals surface area contributed by atoms with Crippen LogP contribution in [0.2, 0.25) is 0 Å². The molecule has 0 spiro atoms. The summed E-state index contributed by atoms with van der Waals surface area (Å²) in [5.74, 6) is -0.00753. The zero-order valence-electron chi connectivity index (χ0n) is 15.2. The Labute approximate surface area is 165 Å². The molecule has 0 N–H and O–H groups in total. The number of ketones is 1. The molecule has 2 aromatic rings. The number of allylic oxidation sites excluding steroid dienone is 1. The highest BCUT2D eigenvalue weighted by Gasteiger charge is 2.14. The van der Waals surface area contributed by atoms with E-state index in [1.165, 1.54) is 42.4 Å². The van der Waals surface area contributed by atoms with Crippen LogP contribution in [0.1, 0.15) is 15.9 Å². The van der Waals surface area contributed by atoms with Gasteiger partial charge in [-0.15, -0.1) is 0 Å². The van der Waals surface area contributed by atoms with Gasteiger partial charge < -0.3 is 14.4 Å². The molecule has 0 radical (unpaired) electrons. The number of ether oxygens (including phenoxy) is 2. The maximum absolute atomic E-state index is 12.9. The van der Waals surface area contributed by atoms with Crippen LogP contribution in [0.25, 0.3) is 6.08 Å². The van der Waals surface area contributed by atoms with E-state index in [-0.39, 0.29) is 18.3 Å². The van der Waals surface area contributed by atoms with Crippen LogP contribution >= 0.6 is 15.9 Å². The van der Waals surface area contributed by atoms with Crippen molar-refractivity contribution in [2.24, 2.45) is 0 Å². The molecule has 5 nitrogen and oxygen atoms in total. The summed E-state index contributed by atoms with van der Waals surface area (Å²) in [7, 11) is 4.77. The molecule has 0 saturated carbocycles. The van der Waals surface area contributed by atoms with E-state index in [1.54, 1.807) is 32.3 Å². The van der Waals surface area contributed by atoms with Crippen molar-refractivity contribution in [3.8, 4) is 11.5 Å². The van der Waals surface area contributed by atoms with Gasteiger partial charge in [0, 0.05) is 19.7 Å². The van der Waals surface area contributed by atoms with E-state index in [2.05, 4.69) is 15.9 Å². The van der Waals surface area contributed by atoms with Gasteiger partial charge >= 0.3 is 0 Å². The lowest BCUT2D eigenvalue weighted by molar-refractivity contribution is -0.130. The minimum atomic E-state index is -0.396. The van der Waals surface area contributed by atoms with Gasteiger partial charge in [-0.05, 0) is 64.0 Å². The molecule has 1 amide bonds.